The van der Waals surface area contributed by atoms with E-state index in [1.165, 1.54) is 6.20 Å². The molecule has 0 spiro atoms. The lowest BCUT2D eigenvalue weighted by molar-refractivity contribution is 0.0535. The van der Waals surface area contributed by atoms with Crippen LogP contribution >= 0.6 is 11.6 Å². The van der Waals surface area contributed by atoms with E-state index in [-0.39, 0.29) is 11.7 Å². The molecule has 1 aromatic heterocycles. The number of halogens is 1. The van der Waals surface area contributed by atoms with Gasteiger partial charge in [-0.25, -0.2) is 9.79 Å². The number of amides is 1. The summed E-state index contributed by atoms with van der Waals surface area (Å²) in [6.07, 6.45) is 2.55. The molecule has 1 amide bonds. The molecule has 0 aliphatic heterocycles. The van der Waals surface area contributed by atoms with Gasteiger partial charge in [0.2, 0.25) is 0 Å². The van der Waals surface area contributed by atoms with E-state index < -0.39 is 11.7 Å². The smallest absolute Gasteiger partial charge is 0.408 e. The number of carbonyl (C=O) groups is 1. The highest BCUT2D eigenvalue weighted by molar-refractivity contribution is 6.30. The predicted molar refractivity (Wildman–Crippen MR) is 90.0 cm³/mol. The summed E-state index contributed by atoms with van der Waals surface area (Å²) in [5, 5.41) is 10.2. The molecule has 1 aromatic rings. The summed E-state index contributed by atoms with van der Waals surface area (Å²) in [6.45, 7) is 5.48. The minimum absolute atomic E-state index is 0.115. The van der Waals surface area contributed by atoms with Crippen molar-refractivity contribution in [3.63, 3.8) is 0 Å². The Hall–Kier alpha value is -2.33. The van der Waals surface area contributed by atoms with Crippen LogP contribution in [0.1, 0.15) is 26.3 Å². The first-order valence-electron chi connectivity index (χ1n) is 6.86. The lowest BCUT2D eigenvalue weighted by Crippen LogP contribution is -2.32. The Bertz CT molecular complexity index is 641. The van der Waals surface area contributed by atoms with E-state index in [1.54, 1.807) is 32.0 Å². The minimum atomic E-state index is -0.552. The first-order valence-corrected chi connectivity index (χ1v) is 7.24. The third kappa shape index (κ3) is 7.47. The fourth-order valence-corrected chi connectivity index (χ4v) is 1.50. The molecule has 1 rings (SSSR count). The van der Waals surface area contributed by atoms with Gasteiger partial charge in [-0.05, 0) is 20.8 Å². The fraction of sp³-hybridized carbons (Fsp3) is 0.467. The first-order chi connectivity index (χ1) is 10.7. The van der Waals surface area contributed by atoms with E-state index in [4.69, 9.17) is 16.3 Å². The second kappa shape index (κ2) is 8.34. The van der Waals surface area contributed by atoms with Gasteiger partial charge in [-0.15, -0.1) is 5.10 Å². The largest absolute Gasteiger partial charge is 0.444 e. The second-order valence-electron chi connectivity index (χ2n) is 5.76. The summed E-state index contributed by atoms with van der Waals surface area (Å²) in [5.74, 6) is 5.62. The molecule has 7 nitrogen and oxygen atoms in total. The highest BCUT2D eigenvalue weighted by atomic mass is 35.5. The Labute approximate surface area is 141 Å². The number of hydrogen-bond acceptors (Lipinski definition) is 5. The van der Waals surface area contributed by atoms with Crippen molar-refractivity contribution in [1.29, 1.82) is 0 Å². The number of aromatic nitrogens is 2. The molecule has 1 N–H and O–H groups in total. The van der Waals surface area contributed by atoms with Crippen LogP contribution in [-0.4, -0.2) is 53.8 Å². The van der Waals surface area contributed by atoms with Crippen molar-refractivity contribution in [2.45, 2.75) is 26.4 Å². The van der Waals surface area contributed by atoms with Crippen molar-refractivity contribution in [2.24, 2.45) is 4.99 Å². The standard InChI is InChI=1S/C15H20ClN5O2/c1-15(2,3)23-14(22)17-8-6-7-11-12(18-10-21(4)5)9-19-20-13(11)16/h9-10H,8H2,1-5H3,(H,17,22)/b18-10-. The Morgan fingerprint density at radius 2 is 2.22 bits per heavy atom. The van der Waals surface area contributed by atoms with Crippen molar-refractivity contribution >= 4 is 29.7 Å². The maximum Gasteiger partial charge on any atom is 0.408 e. The highest BCUT2D eigenvalue weighted by Gasteiger charge is 2.15. The zero-order valence-electron chi connectivity index (χ0n) is 13.8. The molecule has 8 heteroatoms. The Morgan fingerprint density at radius 1 is 1.52 bits per heavy atom. The predicted octanol–water partition coefficient (Wildman–Crippen LogP) is 2.23. The number of ether oxygens (including phenoxy) is 1. The SMILES string of the molecule is CN(C)/C=N\c1cnnc(Cl)c1C#CCNC(=O)OC(C)(C)C. The zero-order chi connectivity index (χ0) is 17.5. The van der Waals surface area contributed by atoms with E-state index in [2.05, 4.69) is 32.3 Å². The number of carbonyl (C=O) groups excluding carboxylic acids is 1. The fourth-order valence-electron chi connectivity index (χ4n) is 1.31. The lowest BCUT2D eigenvalue weighted by Gasteiger charge is -2.19. The number of rotatable bonds is 3. The van der Waals surface area contributed by atoms with Gasteiger partial charge in [0.25, 0.3) is 0 Å². The number of nitrogens with zero attached hydrogens (tertiary/aromatic N) is 4. The molecule has 0 saturated carbocycles. The third-order valence-electron chi connectivity index (χ3n) is 2.15. The molecule has 0 atom stereocenters. The van der Waals surface area contributed by atoms with Crippen LogP contribution in [0.2, 0.25) is 5.15 Å². The zero-order valence-corrected chi connectivity index (χ0v) is 14.6. The van der Waals surface area contributed by atoms with Crippen LogP contribution in [0.5, 0.6) is 0 Å². The first kappa shape index (κ1) is 18.7. The molecule has 0 fully saturated rings. The van der Waals surface area contributed by atoms with E-state index in [0.29, 0.717) is 11.3 Å². The Kier molecular flexibility index (Phi) is 6.79. The summed E-state index contributed by atoms with van der Waals surface area (Å²) in [4.78, 5) is 17.5. The van der Waals surface area contributed by atoms with Gasteiger partial charge in [-0.3, -0.25) is 0 Å². The lowest BCUT2D eigenvalue weighted by atomic mass is 10.2. The third-order valence-corrected chi connectivity index (χ3v) is 2.41. The molecule has 0 saturated heterocycles. The topological polar surface area (TPSA) is 79.7 Å². The molecular weight excluding hydrogens is 318 g/mol. The van der Waals surface area contributed by atoms with Gasteiger partial charge in [0.15, 0.2) is 5.15 Å². The van der Waals surface area contributed by atoms with Crippen molar-refractivity contribution in [3.8, 4) is 11.8 Å². The molecule has 1 heterocycles. The molecular formula is C15H20ClN5O2. The van der Waals surface area contributed by atoms with E-state index >= 15 is 0 Å². The van der Waals surface area contributed by atoms with Gasteiger partial charge in [-0.2, -0.15) is 5.10 Å². The van der Waals surface area contributed by atoms with Crippen LogP contribution in [0.15, 0.2) is 11.2 Å². The van der Waals surface area contributed by atoms with Gasteiger partial charge in [-0.1, -0.05) is 23.4 Å². The van der Waals surface area contributed by atoms with Crippen LogP contribution in [0.4, 0.5) is 10.5 Å². The molecule has 0 unspecified atom stereocenters. The van der Waals surface area contributed by atoms with Crippen molar-refractivity contribution in [2.75, 3.05) is 20.6 Å². The quantitative estimate of drug-likeness (QED) is 0.519. The normalized spacial score (nSPS) is 10.9. The molecule has 0 aromatic carbocycles. The Morgan fingerprint density at radius 3 is 2.83 bits per heavy atom. The van der Waals surface area contributed by atoms with Gasteiger partial charge in [0, 0.05) is 14.1 Å². The van der Waals surface area contributed by atoms with Crippen LogP contribution in [0.3, 0.4) is 0 Å². The van der Waals surface area contributed by atoms with Gasteiger partial charge in [0.1, 0.15) is 11.3 Å². The monoisotopic (exact) mass is 337 g/mol. The van der Waals surface area contributed by atoms with Crippen molar-refractivity contribution < 1.29 is 9.53 Å². The summed E-state index contributed by atoms with van der Waals surface area (Å²) >= 11 is 6.00. The molecule has 0 bridgehead atoms. The molecule has 0 aliphatic rings. The maximum absolute atomic E-state index is 11.5. The molecule has 23 heavy (non-hydrogen) atoms. The number of hydrogen-bond donors (Lipinski definition) is 1. The summed E-state index contributed by atoms with van der Waals surface area (Å²) in [6, 6.07) is 0. The van der Waals surface area contributed by atoms with Crippen LogP contribution < -0.4 is 5.32 Å². The molecule has 124 valence electrons. The number of nitrogens with one attached hydrogen (secondary N) is 1. The summed E-state index contributed by atoms with van der Waals surface area (Å²) in [7, 11) is 3.69. The van der Waals surface area contributed by atoms with E-state index in [0.717, 1.165) is 0 Å². The van der Waals surface area contributed by atoms with Crippen LogP contribution in [0, 0.1) is 11.8 Å². The van der Waals surface area contributed by atoms with Crippen LogP contribution in [0.25, 0.3) is 0 Å². The van der Waals surface area contributed by atoms with Crippen molar-refractivity contribution in [3.05, 3.63) is 16.9 Å². The average molecular weight is 338 g/mol. The number of aliphatic imine (C=N–C) groups is 1. The summed E-state index contributed by atoms with van der Waals surface area (Å²) < 4.78 is 5.11. The molecule has 0 radical (unpaired) electrons. The van der Waals surface area contributed by atoms with Gasteiger partial charge >= 0.3 is 6.09 Å². The number of alkyl carbamates (subject to hydrolysis) is 1. The molecule has 0 aliphatic carbocycles. The van der Waals surface area contributed by atoms with Crippen LogP contribution in [-0.2, 0) is 4.74 Å². The minimum Gasteiger partial charge on any atom is -0.444 e. The second-order valence-corrected chi connectivity index (χ2v) is 6.12. The van der Waals surface area contributed by atoms with E-state index in [1.807, 2.05) is 14.1 Å². The summed E-state index contributed by atoms with van der Waals surface area (Å²) in [5.41, 5.74) is 0.401. The van der Waals surface area contributed by atoms with Crippen molar-refractivity contribution in [1.82, 2.24) is 20.4 Å². The maximum atomic E-state index is 11.5. The van der Waals surface area contributed by atoms with E-state index in [9.17, 15) is 4.79 Å². The highest BCUT2D eigenvalue weighted by Crippen LogP contribution is 2.22. The van der Waals surface area contributed by atoms with Gasteiger partial charge < -0.3 is 15.0 Å². The Balaban J connectivity index is 2.76. The average Bonchev–Trinajstić information content (AvgIpc) is 2.41. The van der Waals surface area contributed by atoms with Gasteiger partial charge in [0.05, 0.1) is 24.6 Å².